The predicted molar refractivity (Wildman–Crippen MR) is 177 cm³/mol. The van der Waals surface area contributed by atoms with Gasteiger partial charge in [-0.3, -0.25) is 0 Å². The number of rotatable bonds is 5. The summed E-state index contributed by atoms with van der Waals surface area (Å²) in [6.07, 6.45) is 0. The van der Waals surface area contributed by atoms with Gasteiger partial charge in [-0.05, 0) is 69.4 Å². The first-order chi connectivity index (χ1) is 20.8. The number of hydrogen-bond acceptors (Lipinski definition) is 2. The molecule has 0 unspecified atom stereocenters. The highest BCUT2D eigenvalue weighted by Gasteiger charge is 2.23. The fourth-order valence-corrected chi connectivity index (χ4v) is 6.10. The van der Waals surface area contributed by atoms with Crippen LogP contribution in [0, 0.1) is 0 Å². The van der Waals surface area contributed by atoms with Crippen LogP contribution in [-0.4, -0.2) is 0 Å². The summed E-state index contributed by atoms with van der Waals surface area (Å²) < 4.78 is 6.83. The van der Waals surface area contributed by atoms with Crippen LogP contribution in [0.3, 0.4) is 0 Å². The molecule has 0 aliphatic rings. The van der Waals surface area contributed by atoms with Crippen LogP contribution in [0.1, 0.15) is 0 Å². The third-order valence-electron chi connectivity index (χ3n) is 8.06. The first-order valence-electron chi connectivity index (χ1n) is 14.3. The minimum Gasteiger partial charge on any atom is -0.454 e. The van der Waals surface area contributed by atoms with Crippen LogP contribution < -0.4 is 4.90 Å². The number of para-hydroxylation sites is 1. The predicted octanol–water partition coefficient (Wildman–Crippen LogP) is 11.5. The fraction of sp³-hybridized carbons (Fsp3) is 0. The highest BCUT2D eigenvalue weighted by Crippen LogP contribution is 2.47. The molecule has 0 aliphatic carbocycles. The zero-order valence-corrected chi connectivity index (χ0v) is 22.9. The molecule has 7 aromatic carbocycles. The van der Waals surface area contributed by atoms with E-state index in [1.807, 2.05) is 0 Å². The molecule has 0 bridgehead atoms. The molecule has 2 nitrogen and oxygen atoms in total. The van der Waals surface area contributed by atoms with Crippen molar-refractivity contribution in [2.75, 3.05) is 4.90 Å². The summed E-state index contributed by atoms with van der Waals surface area (Å²) in [6.45, 7) is 0. The summed E-state index contributed by atoms with van der Waals surface area (Å²) in [5.74, 6) is 0. The third-order valence-corrected chi connectivity index (χ3v) is 8.06. The van der Waals surface area contributed by atoms with Crippen LogP contribution in [0.25, 0.3) is 55.0 Å². The SMILES string of the molecule is c1ccc(-c2ccc(N(c3ccccc3)c3ccc(-c4ccccc4)c4c3oc3ccc5ccccc5c34)cc2)cc1. The van der Waals surface area contributed by atoms with Gasteiger partial charge in [0.05, 0.1) is 5.69 Å². The number of nitrogens with zero attached hydrogens (tertiary/aromatic N) is 1. The maximum Gasteiger partial charge on any atom is 0.160 e. The van der Waals surface area contributed by atoms with E-state index >= 15 is 0 Å². The zero-order valence-electron chi connectivity index (χ0n) is 22.9. The van der Waals surface area contributed by atoms with Crippen LogP contribution in [0.15, 0.2) is 168 Å². The Hall–Kier alpha value is -5.60. The van der Waals surface area contributed by atoms with E-state index < -0.39 is 0 Å². The first-order valence-corrected chi connectivity index (χ1v) is 14.3. The van der Waals surface area contributed by atoms with Gasteiger partial charge in [0.15, 0.2) is 5.58 Å². The van der Waals surface area contributed by atoms with Crippen molar-refractivity contribution < 1.29 is 4.42 Å². The molecule has 8 rings (SSSR count). The molecule has 42 heavy (non-hydrogen) atoms. The molecule has 0 amide bonds. The maximum absolute atomic E-state index is 6.83. The average molecular weight is 538 g/mol. The standard InChI is InChI=1S/C40H27NO/c1-4-12-28(13-5-1)29-20-23-33(24-21-29)41(32-17-8-3-9-18-32)36-26-25-35(30-14-6-2-7-15-30)39-38-34-19-11-10-16-31(34)22-27-37(38)42-40(36)39/h1-27H. The van der Waals surface area contributed by atoms with Gasteiger partial charge in [-0.2, -0.15) is 0 Å². The Bertz CT molecular complexity index is 2160. The van der Waals surface area contributed by atoms with Gasteiger partial charge in [-0.25, -0.2) is 0 Å². The summed E-state index contributed by atoms with van der Waals surface area (Å²) in [6, 6.07) is 57.7. The summed E-state index contributed by atoms with van der Waals surface area (Å²) in [5, 5.41) is 4.68. The summed E-state index contributed by atoms with van der Waals surface area (Å²) >= 11 is 0. The van der Waals surface area contributed by atoms with E-state index in [0.29, 0.717) is 0 Å². The lowest BCUT2D eigenvalue weighted by Gasteiger charge is -2.26. The number of anilines is 3. The van der Waals surface area contributed by atoms with Crippen LogP contribution in [0.5, 0.6) is 0 Å². The van der Waals surface area contributed by atoms with Crippen LogP contribution in [-0.2, 0) is 0 Å². The molecular formula is C40H27NO. The van der Waals surface area contributed by atoms with E-state index in [1.54, 1.807) is 0 Å². The molecule has 0 spiro atoms. The van der Waals surface area contributed by atoms with Crippen molar-refractivity contribution in [3.05, 3.63) is 164 Å². The van der Waals surface area contributed by atoms with E-state index in [4.69, 9.17) is 4.42 Å². The van der Waals surface area contributed by atoms with E-state index in [2.05, 4.69) is 169 Å². The molecule has 198 valence electrons. The topological polar surface area (TPSA) is 16.4 Å². The smallest absolute Gasteiger partial charge is 0.160 e. The minimum atomic E-state index is 0.874. The zero-order chi connectivity index (χ0) is 27.9. The number of furan rings is 1. The molecule has 2 heteroatoms. The lowest BCUT2D eigenvalue weighted by atomic mass is 9.96. The van der Waals surface area contributed by atoms with Crippen molar-refractivity contribution >= 4 is 49.8 Å². The Balaban J connectivity index is 1.42. The molecule has 0 radical (unpaired) electrons. The monoisotopic (exact) mass is 537 g/mol. The molecule has 8 aromatic rings. The van der Waals surface area contributed by atoms with Crippen LogP contribution in [0.2, 0.25) is 0 Å². The van der Waals surface area contributed by atoms with Crippen molar-refractivity contribution in [3.8, 4) is 22.3 Å². The quantitative estimate of drug-likeness (QED) is 0.217. The molecule has 0 aliphatic heterocycles. The number of hydrogen-bond donors (Lipinski definition) is 0. The Labute approximate surface area is 244 Å². The first kappa shape index (κ1) is 24.2. The van der Waals surface area contributed by atoms with Crippen molar-refractivity contribution in [1.29, 1.82) is 0 Å². The number of benzene rings is 7. The lowest BCUT2D eigenvalue weighted by molar-refractivity contribution is 0.669. The van der Waals surface area contributed by atoms with E-state index in [1.165, 1.54) is 27.5 Å². The second kappa shape index (κ2) is 10.1. The normalized spacial score (nSPS) is 11.3. The molecule has 0 atom stereocenters. The lowest BCUT2D eigenvalue weighted by Crippen LogP contribution is -2.10. The third kappa shape index (κ3) is 4.05. The summed E-state index contributed by atoms with van der Waals surface area (Å²) in [7, 11) is 0. The van der Waals surface area contributed by atoms with Crippen molar-refractivity contribution in [1.82, 2.24) is 0 Å². The van der Waals surface area contributed by atoms with E-state index in [9.17, 15) is 0 Å². The van der Waals surface area contributed by atoms with Gasteiger partial charge in [0.1, 0.15) is 5.58 Å². The highest BCUT2D eigenvalue weighted by atomic mass is 16.3. The van der Waals surface area contributed by atoms with Crippen LogP contribution >= 0.6 is 0 Å². The second-order valence-corrected chi connectivity index (χ2v) is 10.5. The molecule has 1 aromatic heterocycles. The van der Waals surface area contributed by atoms with E-state index in [-0.39, 0.29) is 0 Å². The highest BCUT2D eigenvalue weighted by molar-refractivity contribution is 6.25. The molecule has 0 N–H and O–H groups in total. The summed E-state index contributed by atoms with van der Waals surface area (Å²) in [5.41, 5.74) is 9.63. The molecule has 1 heterocycles. The van der Waals surface area contributed by atoms with Gasteiger partial charge in [0.25, 0.3) is 0 Å². The Morgan fingerprint density at radius 3 is 1.74 bits per heavy atom. The Kier molecular flexibility index (Phi) is 5.82. The van der Waals surface area contributed by atoms with Gasteiger partial charge in [0, 0.05) is 22.1 Å². The molecule has 0 fully saturated rings. The maximum atomic E-state index is 6.83. The number of fused-ring (bicyclic) bond motifs is 5. The minimum absolute atomic E-state index is 0.874. The van der Waals surface area contributed by atoms with Gasteiger partial charge < -0.3 is 9.32 Å². The average Bonchev–Trinajstić information content (AvgIpc) is 3.47. The van der Waals surface area contributed by atoms with Crippen molar-refractivity contribution in [2.45, 2.75) is 0 Å². The molecule has 0 saturated heterocycles. The second-order valence-electron chi connectivity index (χ2n) is 10.5. The molecule has 0 saturated carbocycles. The van der Waals surface area contributed by atoms with E-state index in [0.717, 1.165) is 44.6 Å². The van der Waals surface area contributed by atoms with Crippen molar-refractivity contribution in [3.63, 3.8) is 0 Å². The van der Waals surface area contributed by atoms with Gasteiger partial charge in [0.2, 0.25) is 0 Å². The summed E-state index contributed by atoms with van der Waals surface area (Å²) in [4.78, 5) is 2.30. The van der Waals surface area contributed by atoms with Gasteiger partial charge in [-0.1, -0.05) is 127 Å². The van der Waals surface area contributed by atoms with Gasteiger partial charge in [-0.15, -0.1) is 0 Å². The molecular weight excluding hydrogens is 510 g/mol. The largest absolute Gasteiger partial charge is 0.454 e. The fourth-order valence-electron chi connectivity index (χ4n) is 6.10. The Morgan fingerprint density at radius 1 is 0.405 bits per heavy atom. The van der Waals surface area contributed by atoms with Crippen LogP contribution in [0.4, 0.5) is 17.1 Å². The van der Waals surface area contributed by atoms with Gasteiger partial charge >= 0.3 is 0 Å². The Morgan fingerprint density at radius 2 is 1.00 bits per heavy atom. The van der Waals surface area contributed by atoms with Crippen molar-refractivity contribution in [2.24, 2.45) is 0 Å².